The zero-order valence-corrected chi connectivity index (χ0v) is 19.4. The largest absolute Gasteiger partial charge is 0.507 e. The number of rotatable bonds is 2. The molecule has 0 aliphatic carbocycles. The Hall–Kier alpha value is -3.40. The maximum Gasteiger partial charge on any atom is 0.336 e. The summed E-state index contributed by atoms with van der Waals surface area (Å²) in [4.78, 5) is 17.2. The zero-order valence-electron chi connectivity index (χ0n) is 19.4. The number of phenolic OH excluding ortho intramolecular Hbond substituents is 1. The van der Waals surface area contributed by atoms with Crippen LogP contribution < -0.4 is 0 Å². The van der Waals surface area contributed by atoms with Gasteiger partial charge in [0.15, 0.2) is 0 Å². The number of nitrogens with zero attached hydrogens (tertiary/aromatic N) is 1. The number of benzene rings is 3. The van der Waals surface area contributed by atoms with Crippen molar-refractivity contribution >= 4 is 27.6 Å². The fourth-order valence-corrected chi connectivity index (χ4v) is 4.25. The Balaban J connectivity index is 2.08. The van der Waals surface area contributed by atoms with Crippen LogP contribution in [0.1, 0.15) is 63.0 Å². The summed E-state index contributed by atoms with van der Waals surface area (Å²) in [5.74, 6) is -0.695. The summed E-state index contributed by atoms with van der Waals surface area (Å²) < 4.78 is 0. The Morgan fingerprint density at radius 2 is 1.44 bits per heavy atom. The molecule has 0 atom stereocenters. The number of carbonyl (C=O) groups is 1. The van der Waals surface area contributed by atoms with Crippen LogP contribution in [0, 0.1) is 0 Å². The molecule has 3 aromatic carbocycles. The topological polar surface area (TPSA) is 70.4 Å². The lowest BCUT2D eigenvalue weighted by Gasteiger charge is -2.28. The first-order chi connectivity index (χ1) is 14.9. The SMILES string of the molecule is CC(C)(C)c1cc(-c2cc(C(=O)O)c3c(ccc4ccccc43)n2)cc(C(C)(C)C)c1O. The summed E-state index contributed by atoms with van der Waals surface area (Å²) in [7, 11) is 0. The van der Waals surface area contributed by atoms with Gasteiger partial charge in [-0.25, -0.2) is 9.78 Å². The molecule has 0 aliphatic rings. The van der Waals surface area contributed by atoms with Gasteiger partial charge in [0, 0.05) is 22.1 Å². The van der Waals surface area contributed by atoms with E-state index in [9.17, 15) is 15.0 Å². The van der Waals surface area contributed by atoms with Gasteiger partial charge < -0.3 is 10.2 Å². The van der Waals surface area contributed by atoms with E-state index in [0.717, 1.165) is 27.5 Å². The first-order valence-electron chi connectivity index (χ1n) is 10.8. The van der Waals surface area contributed by atoms with Gasteiger partial charge in [-0.15, -0.1) is 0 Å². The number of hydrogen-bond donors (Lipinski definition) is 2. The summed E-state index contributed by atoms with van der Waals surface area (Å²) in [6.07, 6.45) is 0. The van der Waals surface area contributed by atoms with Crippen molar-refractivity contribution in [3.05, 3.63) is 71.3 Å². The van der Waals surface area contributed by atoms with Crippen molar-refractivity contribution in [2.75, 3.05) is 0 Å². The van der Waals surface area contributed by atoms with Crippen LogP contribution in [0.5, 0.6) is 5.75 Å². The van der Waals surface area contributed by atoms with Crippen molar-refractivity contribution in [2.24, 2.45) is 0 Å². The van der Waals surface area contributed by atoms with Crippen molar-refractivity contribution in [3.8, 4) is 17.0 Å². The Labute approximate surface area is 188 Å². The summed E-state index contributed by atoms with van der Waals surface area (Å²) in [6.45, 7) is 12.3. The van der Waals surface area contributed by atoms with Gasteiger partial charge in [0.2, 0.25) is 0 Å². The van der Waals surface area contributed by atoms with Crippen molar-refractivity contribution in [2.45, 2.75) is 52.4 Å². The van der Waals surface area contributed by atoms with Gasteiger partial charge in [-0.2, -0.15) is 0 Å². The maximum absolute atomic E-state index is 12.3. The van der Waals surface area contributed by atoms with Gasteiger partial charge in [-0.05, 0) is 45.9 Å². The van der Waals surface area contributed by atoms with Crippen LogP contribution in [0.3, 0.4) is 0 Å². The number of hydrogen-bond acceptors (Lipinski definition) is 3. The third kappa shape index (κ3) is 3.70. The van der Waals surface area contributed by atoms with E-state index in [2.05, 4.69) is 41.5 Å². The Bertz CT molecular complexity index is 1340. The van der Waals surface area contributed by atoms with Crippen molar-refractivity contribution in [3.63, 3.8) is 0 Å². The van der Waals surface area contributed by atoms with Crippen LogP contribution in [0.4, 0.5) is 0 Å². The minimum Gasteiger partial charge on any atom is -0.507 e. The molecule has 0 bridgehead atoms. The molecule has 4 rings (SSSR count). The molecule has 164 valence electrons. The number of carboxylic acid groups (broad SMARTS) is 1. The molecule has 0 spiro atoms. The molecule has 4 nitrogen and oxygen atoms in total. The third-order valence-corrected chi connectivity index (χ3v) is 5.95. The predicted octanol–water partition coefficient (Wildman–Crippen LogP) is 7.05. The molecular weight excluding hydrogens is 398 g/mol. The molecule has 0 unspecified atom stereocenters. The van der Waals surface area contributed by atoms with Gasteiger partial charge in [-0.1, -0.05) is 71.9 Å². The maximum atomic E-state index is 12.3. The molecule has 32 heavy (non-hydrogen) atoms. The summed E-state index contributed by atoms with van der Waals surface area (Å²) in [5, 5.41) is 23.6. The van der Waals surface area contributed by atoms with Crippen molar-refractivity contribution in [1.82, 2.24) is 4.98 Å². The third-order valence-electron chi connectivity index (χ3n) is 5.95. The highest BCUT2D eigenvalue weighted by Gasteiger charge is 2.27. The fraction of sp³-hybridized carbons (Fsp3) is 0.286. The predicted molar refractivity (Wildman–Crippen MR) is 131 cm³/mol. The highest BCUT2D eigenvalue weighted by atomic mass is 16.4. The fourth-order valence-electron chi connectivity index (χ4n) is 4.25. The van der Waals surface area contributed by atoms with Crippen molar-refractivity contribution < 1.29 is 15.0 Å². The van der Waals surface area contributed by atoms with Crippen LogP contribution in [0.15, 0.2) is 54.6 Å². The van der Waals surface area contributed by atoms with E-state index in [0.29, 0.717) is 22.3 Å². The smallest absolute Gasteiger partial charge is 0.336 e. The number of phenols is 1. The number of pyridine rings is 1. The second-order valence-corrected chi connectivity index (χ2v) is 10.5. The second-order valence-electron chi connectivity index (χ2n) is 10.5. The summed E-state index contributed by atoms with van der Waals surface area (Å²) in [5.41, 5.74) is 3.31. The summed E-state index contributed by atoms with van der Waals surface area (Å²) in [6, 6.07) is 17.1. The van der Waals surface area contributed by atoms with E-state index in [1.807, 2.05) is 48.5 Å². The molecule has 1 aromatic heterocycles. The lowest BCUT2D eigenvalue weighted by atomic mass is 9.78. The van der Waals surface area contributed by atoms with Gasteiger partial charge in [0.25, 0.3) is 0 Å². The van der Waals surface area contributed by atoms with E-state index in [4.69, 9.17) is 4.98 Å². The monoisotopic (exact) mass is 427 g/mol. The first-order valence-corrected chi connectivity index (χ1v) is 10.8. The second kappa shape index (κ2) is 7.33. The highest BCUT2D eigenvalue weighted by Crippen LogP contribution is 2.42. The Morgan fingerprint density at radius 1 is 0.844 bits per heavy atom. The van der Waals surface area contributed by atoms with Gasteiger partial charge in [-0.3, -0.25) is 0 Å². The van der Waals surface area contributed by atoms with E-state index in [1.165, 1.54) is 0 Å². The first kappa shape index (κ1) is 21.8. The molecule has 4 aromatic rings. The summed E-state index contributed by atoms with van der Waals surface area (Å²) >= 11 is 0. The Kier molecular flexibility index (Phi) is 5.00. The minimum atomic E-state index is -0.985. The number of aromatic carboxylic acids is 1. The molecular formula is C28H29NO3. The number of fused-ring (bicyclic) bond motifs is 3. The minimum absolute atomic E-state index is 0.226. The molecule has 0 saturated heterocycles. The van der Waals surface area contributed by atoms with E-state index < -0.39 is 5.97 Å². The average molecular weight is 428 g/mol. The van der Waals surface area contributed by atoms with Gasteiger partial charge in [0.05, 0.1) is 16.8 Å². The lowest BCUT2D eigenvalue weighted by Crippen LogP contribution is -2.17. The standard InChI is InChI=1S/C28H29NO3/c1-27(2,3)20-13-17(14-21(25(20)30)28(4,5)6)23-15-19(26(31)32)24-18-10-8-7-9-16(18)11-12-22(24)29-23/h7-15,30H,1-6H3,(H,31,32). The molecule has 4 heteroatoms. The molecule has 2 N–H and O–H groups in total. The van der Waals surface area contributed by atoms with Crippen LogP contribution in [0.2, 0.25) is 0 Å². The van der Waals surface area contributed by atoms with E-state index in [-0.39, 0.29) is 16.4 Å². The van der Waals surface area contributed by atoms with Crippen LogP contribution in [-0.4, -0.2) is 21.2 Å². The lowest BCUT2D eigenvalue weighted by molar-refractivity contribution is 0.0699. The van der Waals surface area contributed by atoms with E-state index in [1.54, 1.807) is 6.07 Å². The molecule has 0 fully saturated rings. The zero-order chi connectivity index (χ0) is 23.4. The number of aromatic hydroxyl groups is 1. The van der Waals surface area contributed by atoms with Crippen LogP contribution in [-0.2, 0) is 10.8 Å². The normalized spacial score (nSPS) is 12.4. The molecule has 0 saturated carbocycles. The van der Waals surface area contributed by atoms with Crippen LogP contribution >= 0.6 is 0 Å². The highest BCUT2D eigenvalue weighted by molar-refractivity contribution is 6.15. The molecule has 0 amide bonds. The van der Waals surface area contributed by atoms with Crippen molar-refractivity contribution in [1.29, 1.82) is 0 Å². The quantitative estimate of drug-likeness (QED) is 0.336. The van der Waals surface area contributed by atoms with Crippen LogP contribution in [0.25, 0.3) is 32.9 Å². The number of carboxylic acids is 1. The molecule has 0 radical (unpaired) electrons. The Morgan fingerprint density at radius 3 is 2.00 bits per heavy atom. The molecule has 1 heterocycles. The van der Waals surface area contributed by atoms with E-state index >= 15 is 0 Å². The van der Waals surface area contributed by atoms with Gasteiger partial charge in [0.1, 0.15) is 5.75 Å². The number of aromatic nitrogens is 1. The molecule has 0 aliphatic heterocycles. The van der Waals surface area contributed by atoms with Gasteiger partial charge >= 0.3 is 5.97 Å². The average Bonchev–Trinajstić information content (AvgIpc) is 2.71.